The first-order valence-corrected chi connectivity index (χ1v) is 29.4. The molecule has 2 heterocycles. The van der Waals surface area contributed by atoms with Crippen molar-refractivity contribution < 1.29 is 69.0 Å². The minimum atomic E-state index is -1.72. The maximum Gasteiger partial charge on any atom is 0.306 e. The molecule has 0 saturated carbocycles. The van der Waals surface area contributed by atoms with Crippen molar-refractivity contribution in [2.24, 2.45) is 0 Å². The molecule has 14 heteroatoms. The molecule has 0 radical (unpaired) electrons. The molecule has 14 nitrogen and oxygen atoms in total. The molecule has 2 aliphatic rings. The largest absolute Gasteiger partial charge is 0.457 e. The lowest BCUT2D eigenvalue weighted by molar-refractivity contribution is -0.332. The Labute approximate surface area is 447 Å². The molecule has 430 valence electrons. The van der Waals surface area contributed by atoms with Gasteiger partial charge in [0.15, 0.2) is 12.6 Å². The van der Waals surface area contributed by atoms with Crippen LogP contribution < -0.4 is 0 Å². The summed E-state index contributed by atoms with van der Waals surface area (Å²) in [5, 5.41) is 72.3. The van der Waals surface area contributed by atoms with Crippen LogP contribution in [0.25, 0.3) is 0 Å². The van der Waals surface area contributed by atoms with Crippen molar-refractivity contribution in [1.29, 1.82) is 0 Å². The van der Waals surface area contributed by atoms with Crippen LogP contribution in [-0.4, -0.2) is 142 Å². The topological polar surface area (TPSA) is 214 Å². The fraction of sp³-hybridized carbons (Fsp3) is 0.817. The number of esters is 1. The molecule has 2 rings (SSSR count). The van der Waals surface area contributed by atoms with Crippen molar-refractivity contribution >= 4 is 5.97 Å². The molecule has 0 bridgehead atoms. The molecule has 0 aromatic heterocycles. The molecule has 74 heavy (non-hydrogen) atoms. The number of aliphatic hydroxyl groups is 7. The molecule has 2 aliphatic heterocycles. The highest BCUT2D eigenvalue weighted by molar-refractivity contribution is 5.69. The summed E-state index contributed by atoms with van der Waals surface area (Å²) in [6.45, 7) is 3.49. The Kier molecular flexibility index (Phi) is 42.8. The predicted molar refractivity (Wildman–Crippen MR) is 293 cm³/mol. The number of hydrogen-bond donors (Lipinski definition) is 7. The number of hydrogen-bond acceptors (Lipinski definition) is 14. The Bertz CT molecular complexity index is 1450. The quantitative estimate of drug-likeness (QED) is 0.0172. The van der Waals surface area contributed by atoms with Gasteiger partial charge in [-0.25, -0.2) is 0 Å². The Hall–Kier alpha value is -2.31. The third-order valence-electron chi connectivity index (χ3n) is 13.8. The normalized spacial score (nSPS) is 25.2. The van der Waals surface area contributed by atoms with E-state index in [1.54, 1.807) is 0 Å². The van der Waals surface area contributed by atoms with Gasteiger partial charge < -0.3 is 64.2 Å². The van der Waals surface area contributed by atoms with Gasteiger partial charge in [-0.1, -0.05) is 209 Å². The number of aliphatic hydroxyl groups excluding tert-OH is 7. The summed E-state index contributed by atoms with van der Waals surface area (Å²) in [5.74, 6) is -0.389. The SMILES string of the molecule is CC/C=C\C/C=C\C/C=C\C/C=C\C/C=C\CCCCOCC(COC1OC(COC2OC(CO)C(O)C(O)C2O)C(O)C(O)C1O)OC(=O)CCCCCCCCCCCCCCCCCCCCCCCC. The molecule has 11 atom stereocenters. The van der Waals surface area contributed by atoms with E-state index in [0.29, 0.717) is 13.0 Å². The van der Waals surface area contributed by atoms with Crippen LogP contribution in [-0.2, 0) is 33.2 Å². The molecular formula is C60H106O14. The molecule has 0 aliphatic carbocycles. The van der Waals surface area contributed by atoms with Crippen LogP contribution >= 0.6 is 0 Å². The van der Waals surface area contributed by atoms with Gasteiger partial charge >= 0.3 is 5.97 Å². The minimum Gasteiger partial charge on any atom is -0.457 e. The summed E-state index contributed by atoms with van der Waals surface area (Å²) in [5.41, 5.74) is 0. The first-order chi connectivity index (χ1) is 36.1. The van der Waals surface area contributed by atoms with E-state index in [2.05, 4.69) is 74.6 Å². The van der Waals surface area contributed by atoms with E-state index in [9.17, 15) is 40.5 Å². The van der Waals surface area contributed by atoms with Crippen LogP contribution in [0.2, 0.25) is 0 Å². The fourth-order valence-corrected chi connectivity index (χ4v) is 9.08. The van der Waals surface area contributed by atoms with E-state index in [1.165, 1.54) is 116 Å². The highest BCUT2D eigenvalue weighted by Crippen LogP contribution is 2.27. The number of unbranched alkanes of at least 4 members (excludes halogenated alkanes) is 23. The third kappa shape index (κ3) is 33.1. The van der Waals surface area contributed by atoms with Gasteiger partial charge in [-0.3, -0.25) is 4.79 Å². The van der Waals surface area contributed by atoms with Gasteiger partial charge in [0, 0.05) is 13.0 Å². The number of ether oxygens (including phenoxy) is 6. The summed E-state index contributed by atoms with van der Waals surface area (Å²) in [7, 11) is 0. The highest BCUT2D eigenvalue weighted by atomic mass is 16.7. The molecule has 0 aromatic carbocycles. The van der Waals surface area contributed by atoms with Crippen molar-refractivity contribution in [2.45, 2.75) is 280 Å². The fourth-order valence-electron chi connectivity index (χ4n) is 9.08. The lowest BCUT2D eigenvalue weighted by Crippen LogP contribution is -2.61. The molecule has 0 amide bonds. The Morgan fingerprint density at radius 2 is 0.878 bits per heavy atom. The lowest BCUT2D eigenvalue weighted by atomic mass is 9.98. The maximum absolute atomic E-state index is 13.1. The number of allylic oxidation sites excluding steroid dienone is 10. The average Bonchev–Trinajstić information content (AvgIpc) is 3.40. The van der Waals surface area contributed by atoms with Crippen molar-refractivity contribution in [3.05, 3.63) is 60.8 Å². The van der Waals surface area contributed by atoms with Crippen LogP contribution in [0, 0.1) is 0 Å². The summed E-state index contributed by atoms with van der Waals surface area (Å²) in [6.07, 6.45) is 41.5. The van der Waals surface area contributed by atoms with Crippen LogP contribution in [0.3, 0.4) is 0 Å². The zero-order valence-corrected chi connectivity index (χ0v) is 46.1. The van der Waals surface area contributed by atoms with Crippen LogP contribution in [0.15, 0.2) is 60.8 Å². The van der Waals surface area contributed by atoms with Gasteiger partial charge in [0.05, 0.1) is 26.4 Å². The van der Waals surface area contributed by atoms with E-state index in [1.807, 2.05) is 0 Å². The lowest BCUT2D eigenvalue weighted by Gasteiger charge is -2.42. The zero-order valence-electron chi connectivity index (χ0n) is 46.1. The Morgan fingerprint density at radius 1 is 0.459 bits per heavy atom. The van der Waals surface area contributed by atoms with Gasteiger partial charge in [-0.15, -0.1) is 0 Å². The van der Waals surface area contributed by atoms with E-state index in [0.717, 1.165) is 70.6 Å². The van der Waals surface area contributed by atoms with Crippen molar-refractivity contribution in [2.75, 3.05) is 33.0 Å². The smallest absolute Gasteiger partial charge is 0.306 e. The van der Waals surface area contributed by atoms with Gasteiger partial charge in [0.2, 0.25) is 0 Å². The number of carbonyl (C=O) groups is 1. The van der Waals surface area contributed by atoms with Crippen molar-refractivity contribution in [3.8, 4) is 0 Å². The van der Waals surface area contributed by atoms with Gasteiger partial charge in [-0.05, 0) is 57.8 Å². The van der Waals surface area contributed by atoms with Crippen molar-refractivity contribution in [1.82, 2.24) is 0 Å². The summed E-state index contributed by atoms with van der Waals surface area (Å²) in [4.78, 5) is 13.1. The van der Waals surface area contributed by atoms with Gasteiger partial charge in [-0.2, -0.15) is 0 Å². The first-order valence-electron chi connectivity index (χ1n) is 29.4. The maximum atomic E-state index is 13.1. The average molecular weight is 1050 g/mol. The third-order valence-corrected chi connectivity index (χ3v) is 13.8. The summed E-state index contributed by atoms with van der Waals surface area (Å²) < 4.78 is 34.3. The van der Waals surface area contributed by atoms with E-state index in [-0.39, 0.29) is 25.6 Å². The van der Waals surface area contributed by atoms with Crippen LogP contribution in [0.5, 0.6) is 0 Å². The Morgan fingerprint density at radius 3 is 1.35 bits per heavy atom. The first kappa shape index (κ1) is 67.8. The minimum absolute atomic E-state index is 0.0322. The van der Waals surface area contributed by atoms with Crippen molar-refractivity contribution in [3.63, 3.8) is 0 Å². The van der Waals surface area contributed by atoms with Crippen LogP contribution in [0.4, 0.5) is 0 Å². The zero-order chi connectivity index (χ0) is 53.7. The molecule has 11 unspecified atom stereocenters. The second-order valence-electron chi connectivity index (χ2n) is 20.4. The van der Waals surface area contributed by atoms with Gasteiger partial charge in [0.1, 0.15) is 54.9 Å². The molecule has 2 saturated heterocycles. The highest BCUT2D eigenvalue weighted by Gasteiger charge is 2.47. The van der Waals surface area contributed by atoms with E-state index in [4.69, 9.17) is 28.4 Å². The summed E-state index contributed by atoms with van der Waals surface area (Å²) >= 11 is 0. The second-order valence-corrected chi connectivity index (χ2v) is 20.4. The second kappa shape index (κ2) is 46.8. The monoisotopic (exact) mass is 1050 g/mol. The number of rotatable bonds is 47. The summed E-state index contributed by atoms with van der Waals surface area (Å²) in [6, 6.07) is 0. The Balaban J connectivity index is 1.72. The van der Waals surface area contributed by atoms with E-state index >= 15 is 0 Å². The standard InChI is InChI=1S/C60H106O14/c1-3-5-7-9-11-13-15-17-19-21-23-24-25-26-27-29-31-33-35-37-39-41-43-52(62)72-49(46-69-44-42-40-38-36-34-32-30-28-22-20-18-16-14-12-10-8-6-4-2)47-70-59-58(68)56(66)54(64)51(74-59)48-71-60-57(67)55(65)53(63)50(45-61)73-60/h6,8,12,14,18,20,28,30,34,36,49-51,53-61,63-68H,3-5,7,9-11,13,15-17,19,21-27,29,31-33,35,37-48H2,1-2H3/b8-6-,14-12-,20-18-,30-28-,36-34-. The van der Waals surface area contributed by atoms with E-state index < -0.39 is 80.7 Å². The predicted octanol–water partition coefficient (Wildman–Crippen LogP) is 10.5. The molecule has 2 fully saturated rings. The number of carbonyl (C=O) groups excluding carboxylic acids is 1. The molecule has 0 spiro atoms. The van der Waals surface area contributed by atoms with Gasteiger partial charge in [0.25, 0.3) is 0 Å². The molecule has 0 aromatic rings. The van der Waals surface area contributed by atoms with Crippen LogP contribution in [0.1, 0.15) is 213 Å². The molecular weight excluding hydrogens is 945 g/mol. The molecule has 7 N–H and O–H groups in total.